The van der Waals surface area contributed by atoms with Crippen LogP contribution in [0.3, 0.4) is 0 Å². The van der Waals surface area contributed by atoms with Gasteiger partial charge >= 0.3 is 0 Å². The Bertz CT molecular complexity index is 431. The summed E-state index contributed by atoms with van der Waals surface area (Å²) in [4.78, 5) is 11.9. The van der Waals surface area contributed by atoms with Crippen LogP contribution in [0.5, 0.6) is 0 Å². The van der Waals surface area contributed by atoms with E-state index in [1.165, 1.54) is 0 Å². The number of ether oxygens (including phenoxy) is 1. The normalized spacial score (nSPS) is 19.6. The van der Waals surface area contributed by atoms with E-state index in [-0.39, 0.29) is 12.0 Å². The molecule has 4 nitrogen and oxygen atoms in total. The minimum Gasteiger partial charge on any atom is -0.375 e. The molecule has 5 heteroatoms. The Morgan fingerprint density at radius 1 is 1.61 bits per heavy atom. The number of hydrogen-bond acceptors (Lipinski definition) is 3. The number of hydrogen-bond donors (Lipinski definition) is 2. The number of rotatable bonds is 3. The van der Waals surface area contributed by atoms with Crippen molar-refractivity contribution >= 4 is 27.5 Å². The zero-order valence-electron chi connectivity index (χ0n) is 10.3. The van der Waals surface area contributed by atoms with E-state index in [2.05, 4.69) is 26.6 Å². The van der Waals surface area contributed by atoms with Crippen molar-refractivity contribution in [3.8, 4) is 0 Å². The molecular formula is C13H17BrN2O2. The van der Waals surface area contributed by atoms with Gasteiger partial charge in [0.2, 0.25) is 5.91 Å². The third-order valence-corrected chi connectivity index (χ3v) is 3.50. The van der Waals surface area contributed by atoms with E-state index >= 15 is 0 Å². The fourth-order valence-electron chi connectivity index (χ4n) is 1.89. The van der Waals surface area contributed by atoms with E-state index in [1.54, 1.807) is 0 Å². The van der Waals surface area contributed by atoms with Gasteiger partial charge in [0.1, 0.15) is 0 Å². The Balaban J connectivity index is 1.92. The predicted molar refractivity (Wildman–Crippen MR) is 74.7 cm³/mol. The Kier molecular flexibility index (Phi) is 4.74. The van der Waals surface area contributed by atoms with Crippen LogP contribution in [0.1, 0.15) is 12.0 Å². The van der Waals surface area contributed by atoms with E-state index in [1.807, 2.05) is 25.1 Å². The number of benzene rings is 1. The van der Waals surface area contributed by atoms with E-state index < -0.39 is 0 Å². The Morgan fingerprint density at radius 3 is 3.17 bits per heavy atom. The lowest BCUT2D eigenvalue weighted by Crippen LogP contribution is -2.40. The van der Waals surface area contributed by atoms with E-state index in [0.29, 0.717) is 13.0 Å². The number of carbonyl (C=O) groups excluding carboxylic acids is 1. The van der Waals surface area contributed by atoms with E-state index in [0.717, 1.165) is 28.8 Å². The first-order chi connectivity index (χ1) is 8.65. The van der Waals surface area contributed by atoms with Gasteiger partial charge < -0.3 is 15.4 Å². The van der Waals surface area contributed by atoms with Gasteiger partial charge in [-0.2, -0.15) is 0 Å². The highest BCUT2D eigenvalue weighted by Crippen LogP contribution is 2.23. The fourth-order valence-corrected chi connectivity index (χ4v) is 2.24. The van der Waals surface area contributed by atoms with Gasteiger partial charge in [-0.05, 0) is 40.5 Å². The Labute approximate surface area is 115 Å². The maximum atomic E-state index is 11.9. The third-order valence-electron chi connectivity index (χ3n) is 2.81. The Morgan fingerprint density at radius 2 is 2.44 bits per heavy atom. The summed E-state index contributed by atoms with van der Waals surface area (Å²) in [5.41, 5.74) is 1.92. The summed E-state index contributed by atoms with van der Waals surface area (Å²) < 4.78 is 6.40. The van der Waals surface area contributed by atoms with Gasteiger partial charge in [-0.15, -0.1) is 0 Å². The molecule has 1 heterocycles. The molecule has 1 aliphatic heterocycles. The van der Waals surface area contributed by atoms with Crippen LogP contribution in [-0.4, -0.2) is 31.7 Å². The van der Waals surface area contributed by atoms with Crippen molar-refractivity contribution in [1.82, 2.24) is 5.32 Å². The zero-order chi connectivity index (χ0) is 13.0. The number of aryl methyl sites for hydroxylation is 1. The van der Waals surface area contributed by atoms with Gasteiger partial charge in [-0.3, -0.25) is 4.79 Å². The molecule has 1 amide bonds. The van der Waals surface area contributed by atoms with Gasteiger partial charge in [0.05, 0.1) is 24.8 Å². The summed E-state index contributed by atoms with van der Waals surface area (Å²) >= 11 is 3.43. The monoisotopic (exact) mass is 312 g/mol. The van der Waals surface area contributed by atoms with Crippen molar-refractivity contribution in [3.05, 3.63) is 28.2 Å². The first-order valence-corrected chi connectivity index (χ1v) is 6.83. The number of halogens is 1. The van der Waals surface area contributed by atoms with Crippen LogP contribution in [-0.2, 0) is 9.53 Å². The van der Waals surface area contributed by atoms with Crippen LogP contribution in [0.25, 0.3) is 0 Å². The molecule has 18 heavy (non-hydrogen) atoms. The third kappa shape index (κ3) is 3.80. The predicted octanol–water partition coefficient (Wildman–Crippen LogP) is 2.07. The van der Waals surface area contributed by atoms with Gasteiger partial charge in [-0.25, -0.2) is 0 Å². The van der Waals surface area contributed by atoms with Gasteiger partial charge in [-0.1, -0.05) is 6.07 Å². The lowest BCUT2D eigenvalue weighted by atomic mass is 10.2. The average Bonchev–Trinajstić information content (AvgIpc) is 2.35. The number of anilines is 1. The smallest absolute Gasteiger partial charge is 0.227 e. The van der Waals surface area contributed by atoms with Crippen LogP contribution in [0, 0.1) is 6.92 Å². The molecule has 0 bridgehead atoms. The second-order valence-electron chi connectivity index (χ2n) is 4.43. The molecule has 1 aliphatic rings. The van der Waals surface area contributed by atoms with Crippen molar-refractivity contribution < 1.29 is 9.53 Å². The highest BCUT2D eigenvalue weighted by molar-refractivity contribution is 9.10. The molecule has 1 aromatic rings. The molecule has 1 unspecified atom stereocenters. The number of carbonyl (C=O) groups is 1. The van der Waals surface area contributed by atoms with Crippen LogP contribution in [0.2, 0.25) is 0 Å². The minimum atomic E-state index is -0.0256. The first-order valence-electron chi connectivity index (χ1n) is 6.03. The number of morpholine rings is 1. The summed E-state index contributed by atoms with van der Waals surface area (Å²) in [5, 5.41) is 6.12. The highest BCUT2D eigenvalue weighted by atomic mass is 79.9. The lowest BCUT2D eigenvalue weighted by Gasteiger charge is -2.23. The molecule has 2 rings (SSSR count). The van der Waals surface area contributed by atoms with Gasteiger partial charge in [0.25, 0.3) is 0 Å². The molecule has 0 aromatic heterocycles. The van der Waals surface area contributed by atoms with E-state index in [9.17, 15) is 4.79 Å². The second kappa shape index (κ2) is 6.31. The molecule has 0 radical (unpaired) electrons. The standard InChI is InChI=1S/C13H17BrN2O2/c1-9-2-3-11(14)12(6-9)16-13(17)7-10-8-15-4-5-18-10/h2-3,6,10,15H,4-5,7-8H2,1H3,(H,16,17). The fraction of sp³-hybridized carbons (Fsp3) is 0.462. The summed E-state index contributed by atoms with van der Waals surface area (Å²) in [5.74, 6) is -0.0185. The van der Waals surface area contributed by atoms with Crippen LogP contribution in [0.15, 0.2) is 22.7 Å². The quantitative estimate of drug-likeness (QED) is 0.898. The second-order valence-corrected chi connectivity index (χ2v) is 5.29. The highest BCUT2D eigenvalue weighted by Gasteiger charge is 2.17. The first kappa shape index (κ1) is 13.5. The molecular weight excluding hydrogens is 296 g/mol. The molecule has 2 N–H and O–H groups in total. The van der Waals surface area contributed by atoms with Gasteiger partial charge in [0.15, 0.2) is 0 Å². The SMILES string of the molecule is Cc1ccc(Br)c(NC(=O)CC2CNCCO2)c1. The molecule has 1 saturated heterocycles. The van der Waals surface area contributed by atoms with Crippen molar-refractivity contribution in [2.45, 2.75) is 19.4 Å². The molecule has 1 fully saturated rings. The maximum absolute atomic E-state index is 11.9. The Hall–Kier alpha value is -0.910. The number of nitrogens with one attached hydrogen (secondary N) is 2. The minimum absolute atomic E-state index is 0.0185. The van der Waals surface area contributed by atoms with Gasteiger partial charge in [0, 0.05) is 17.6 Å². The lowest BCUT2D eigenvalue weighted by molar-refractivity contribution is -0.119. The van der Waals surface area contributed by atoms with Crippen LogP contribution >= 0.6 is 15.9 Å². The van der Waals surface area contributed by atoms with Crippen molar-refractivity contribution in [2.75, 3.05) is 25.0 Å². The van der Waals surface area contributed by atoms with Crippen LogP contribution < -0.4 is 10.6 Å². The van der Waals surface area contributed by atoms with Crippen molar-refractivity contribution in [2.24, 2.45) is 0 Å². The average molecular weight is 313 g/mol. The molecule has 0 spiro atoms. The zero-order valence-corrected chi connectivity index (χ0v) is 11.9. The largest absolute Gasteiger partial charge is 0.375 e. The topological polar surface area (TPSA) is 50.4 Å². The molecule has 0 aliphatic carbocycles. The summed E-state index contributed by atoms with van der Waals surface area (Å²) in [6.07, 6.45) is 0.357. The maximum Gasteiger partial charge on any atom is 0.227 e. The van der Waals surface area contributed by atoms with E-state index in [4.69, 9.17) is 4.74 Å². The summed E-state index contributed by atoms with van der Waals surface area (Å²) in [6, 6.07) is 5.87. The van der Waals surface area contributed by atoms with Crippen LogP contribution in [0.4, 0.5) is 5.69 Å². The number of amides is 1. The molecule has 0 saturated carbocycles. The molecule has 1 aromatic carbocycles. The molecule has 1 atom stereocenters. The molecule has 98 valence electrons. The van der Waals surface area contributed by atoms with Crippen molar-refractivity contribution in [1.29, 1.82) is 0 Å². The van der Waals surface area contributed by atoms with Crippen molar-refractivity contribution in [3.63, 3.8) is 0 Å². The summed E-state index contributed by atoms with van der Waals surface area (Å²) in [7, 11) is 0. The summed E-state index contributed by atoms with van der Waals surface area (Å²) in [6.45, 7) is 4.27.